The molecule has 0 saturated heterocycles. The van der Waals surface area contributed by atoms with E-state index in [1.165, 1.54) is 19.1 Å². The van der Waals surface area contributed by atoms with Crippen molar-refractivity contribution in [3.63, 3.8) is 0 Å². The Morgan fingerprint density at radius 3 is 1.77 bits per heavy atom. The van der Waals surface area contributed by atoms with Crippen LogP contribution in [-0.2, 0) is 0 Å². The van der Waals surface area contributed by atoms with Crippen LogP contribution in [0.2, 0.25) is 0 Å². The Balaban J connectivity index is 1.63. The second-order valence-electron chi connectivity index (χ2n) is 8.46. The highest BCUT2D eigenvalue weighted by Crippen LogP contribution is 2.37. The van der Waals surface area contributed by atoms with Crippen molar-refractivity contribution >= 4 is 0 Å². The highest BCUT2D eigenvalue weighted by molar-refractivity contribution is 5.72. The quantitative estimate of drug-likeness (QED) is 0.381. The van der Waals surface area contributed by atoms with E-state index in [-0.39, 0.29) is 22.5 Å². The van der Waals surface area contributed by atoms with Crippen molar-refractivity contribution in [2.75, 3.05) is 0 Å². The summed E-state index contributed by atoms with van der Waals surface area (Å²) in [5.41, 5.74) is 1.78. The lowest BCUT2D eigenvalue weighted by Gasteiger charge is -2.26. The van der Waals surface area contributed by atoms with E-state index in [1.807, 2.05) is 6.07 Å². The maximum absolute atomic E-state index is 14.9. The molecule has 0 nitrogen and oxygen atoms in total. The first-order valence-corrected chi connectivity index (χ1v) is 10.4. The van der Waals surface area contributed by atoms with E-state index in [1.54, 1.807) is 18.2 Å². The summed E-state index contributed by atoms with van der Waals surface area (Å²) in [5, 5.41) is 0. The van der Waals surface area contributed by atoms with Gasteiger partial charge < -0.3 is 0 Å². The van der Waals surface area contributed by atoms with E-state index >= 15 is 0 Å². The molecule has 0 spiro atoms. The highest BCUT2D eigenvalue weighted by atomic mass is 19.1. The van der Waals surface area contributed by atoms with Gasteiger partial charge in [-0.1, -0.05) is 44.0 Å². The summed E-state index contributed by atoms with van der Waals surface area (Å²) in [4.78, 5) is 0. The van der Waals surface area contributed by atoms with Gasteiger partial charge in [0.15, 0.2) is 0 Å². The molecular weight excluding hydrogens is 388 g/mol. The fourth-order valence-corrected chi connectivity index (χ4v) is 4.33. The van der Waals surface area contributed by atoms with E-state index in [0.29, 0.717) is 17.0 Å². The minimum atomic E-state index is -0.729. The Hall–Kier alpha value is -2.62. The molecule has 156 valence electrons. The predicted octanol–water partition coefficient (Wildman–Crippen LogP) is 8.18. The van der Waals surface area contributed by atoms with Gasteiger partial charge >= 0.3 is 0 Å². The first-order valence-electron chi connectivity index (χ1n) is 10.4. The Bertz CT molecular complexity index is 1060. The fourth-order valence-electron chi connectivity index (χ4n) is 4.33. The zero-order valence-corrected chi connectivity index (χ0v) is 17.1. The van der Waals surface area contributed by atoms with Crippen LogP contribution >= 0.6 is 0 Å². The minimum absolute atomic E-state index is 0.0740. The molecule has 0 unspecified atom stereocenters. The molecule has 0 aliphatic heterocycles. The molecule has 0 aromatic heterocycles. The molecule has 0 N–H and O–H groups in total. The van der Waals surface area contributed by atoms with Crippen LogP contribution in [0.25, 0.3) is 22.3 Å². The van der Waals surface area contributed by atoms with Crippen molar-refractivity contribution in [3.8, 4) is 22.3 Å². The highest BCUT2D eigenvalue weighted by Gasteiger charge is 2.21. The number of hydrogen-bond donors (Lipinski definition) is 0. The zero-order chi connectivity index (χ0) is 21.4. The lowest BCUT2D eigenvalue weighted by molar-refractivity contribution is 0.347. The van der Waals surface area contributed by atoms with Crippen LogP contribution in [0.15, 0.2) is 48.5 Å². The molecule has 1 saturated carbocycles. The van der Waals surface area contributed by atoms with Gasteiger partial charge in [-0.25, -0.2) is 17.6 Å². The average molecular weight is 412 g/mol. The number of benzene rings is 3. The molecule has 0 radical (unpaired) electrons. The van der Waals surface area contributed by atoms with Crippen LogP contribution in [0, 0.1) is 36.1 Å². The Morgan fingerprint density at radius 1 is 0.633 bits per heavy atom. The lowest BCUT2D eigenvalue weighted by atomic mass is 9.79. The lowest BCUT2D eigenvalue weighted by Crippen LogP contribution is -2.11. The van der Waals surface area contributed by atoms with Crippen molar-refractivity contribution in [2.45, 2.75) is 45.4 Å². The standard InChI is InChI=1S/C26H24F4/c1-15-3-5-17(6-4-15)18-7-9-21(25(29)11-18)19-8-10-22(26(30)12-19)20-13-23(27)16(2)24(28)14-20/h7-15,17H,3-6H2,1-2H3. The van der Waals surface area contributed by atoms with Crippen LogP contribution < -0.4 is 0 Å². The monoisotopic (exact) mass is 412 g/mol. The Morgan fingerprint density at radius 2 is 1.17 bits per heavy atom. The molecular formula is C26H24F4. The molecule has 0 heterocycles. The molecule has 1 aliphatic rings. The molecule has 0 bridgehead atoms. The van der Waals surface area contributed by atoms with E-state index in [2.05, 4.69) is 6.92 Å². The summed E-state index contributed by atoms with van der Waals surface area (Å²) in [7, 11) is 0. The molecule has 1 aliphatic carbocycles. The van der Waals surface area contributed by atoms with Gasteiger partial charge in [-0.05, 0) is 72.6 Å². The smallest absolute Gasteiger partial charge is 0.131 e. The zero-order valence-electron chi connectivity index (χ0n) is 17.1. The van der Waals surface area contributed by atoms with Crippen LogP contribution in [0.5, 0.6) is 0 Å². The molecule has 30 heavy (non-hydrogen) atoms. The summed E-state index contributed by atoms with van der Waals surface area (Å²) in [6.45, 7) is 3.58. The minimum Gasteiger partial charge on any atom is -0.207 e. The van der Waals surface area contributed by atoms with E-state index in [9.17, 15) is 17.6 Å². The van der Waals surface area contributed by atoms with E-state index in [4.69, 9.17) is 0 Å². The third-order valence-electron chi connectivity index (χ3n) is 6.35. The molecule has 3 aromatic carbocycles. The molecule has 1 fully saturated rings. The van der Waals surface area contributed by atoms with Gasteiger partial charge in [0.05, 0.1) is 0 Å². The van der Waals surface area contributed by atoms with Gasteiger partial charge in [-0.2, -0.15) is 0 Å². The van der Waals surface area contributed by atoms with Crippen LogP contribution in [0.1, 0.15) is 49.7 Å². The first-order chi connectivity index (χ1) is 14.3. The summed E-state index contributed by atoms with van der Waals surface area (Å²) in [6.07, 6.45) is 4.43. The second-order valence-corrected chi connectivity index (χ2v) is 8.46. The van der Waals surface area contributed by atoms with Gasteiger partial charge in [-0.3, -0.25) is 0 Å². The van der Waals surface area contributed by atoms with Crippen LogP contribution in [0.4, 0.5) is 17.6 Å². The third kappa shape index (κ3) is 4.00. The molecule has 4 rings (SSSR count). The van der Waals surface area contributed by atoms with Gasteiger partial charge in [-0.15, -0.1) is 0 Å². The van der Waals surface area contributed by atoms with Gasteiger partial charge in [0.25, 0.3) is 0 Å². The molecule has 0 atom stereocenters. The first kappa shape index (κ1) is 20.6. The summed E-state index contributed by atoms with van der Waals surface area (Å²) in [5.74, 6) is -1.40. The molecule has 0 amide bonds. The van der Waals surface area contributed by atoms with Crippen LogP contribution in [0.3, 0.4) is 0 Å². The van der Waals surface area contributed by atoms with Gasteiger partial charge in [0.1, 0.15) is 23.3 Å². The second kappa shape index (κ2) is 8.25. The van der Waals surface area contributed by atoms with Crippen molar-refractivity contribution < 1.29 is 17.6 Å². The Labute approximate surface area is 174 Å². The van der Waals surface area contributed by atoms with Crippen molar-refractivity contribution in [1.29, 1.82) is 0 Å². The third-order valence-corrected chi connectivity index (χ3v) is 6.35. The van der Waals surface area contributed by atoms with Crippen molar-refractivity contribution in [3.05, 3.63) is 82.9 Å². The fraction of sp³-hybridized carbons (Fsp3) is 0.308. The number of rotatable bonds is 3. The van der Waals surface area contributed by atoms with E-state index < -0.39 is 17.5 Å². The SMILES string of the molecule is Cc1c(F)cc(-c2ccc(-c3ccc(C4CCC(C)CC4)cc3F)cc2F)cc1F. The molecule has 3 aromatic rings. The van der Waals surface area contributed by atoms with Crippen molar-refractivity contribution in [1.82, 2.24) is 0 Å². The van der Waals surface area contributed by atoms with E-state index in [0.717, 1.165) is 49.3 Å². The average Bonchev–Trinajstić information content (AvgIpc) is 2.72. The number of halogens is 4. The van der Waals surface area contributed by atoms with Crippen molar-refractivity contribution in [2.24, 2.45) is 5.92 Å². The largest absolute Gasteiger partial charge is 0.207 e. The topological polar surface area (TPSA) is 0 Å². The normalized spacial score (nSPS) is 19.1. The molecule has 4 heteroatoms. The van der Waals surface area contributed by atoms with Crippen LogP contribution in [-0.4, -0.2) is 0 Å². The Kier molecular flexibility index (Phi) is 5.68. The predicted molar refractivity (Wildman–Crippen MR) is 112 cm³/mol. The van der Waals surface area contributed by atoms with Gasteiger partial charge in [0.2, 0.25) is 0 Å². The summed E-state index contributed by atoms with van der Waals surface area (Å²) < 4.78 is 57.3. The maximum atomic E-state index is 14.9. The number of hydrogen-bond acceptors (Lipinski definition) is 0. The summed E-state index contributed by atoms with van der Waals surface area (Å²) >= 11 is 0. The summed E-state index contributed by atoms with van der Waals surface area (Å²) in [6, 6.07) is 11.6. The maximum Gasteiger partial charge on any atom is 0.131 e. The van der Waals surface area contributed by atoms with Gasteiger partial charge in [0, 0.05) is 16.7 Å².